The number of aryl methyl sites for hydroxylation is 1. The molecule has 0 aliphatic heterocycles. The highest BCUT2D eigenvalue weighted by molar-refractivity contribution is 9.10. The Labute approximate surface area is 189 Å². The highest BCUT2D eigenvalue weighted by Gasteiger charge is 2.14. The third-order valence-electron chi connectivity index (χ3n) is 4.62. The van der Waals surface area contributed by atoms with E-state index in [0.717, 1.165) is 21.2 Å². The molecule has 9 heteroatoms. The molecule has 0 fully saturated rings. The summed E-state index contributed by atoms with van der Waals surface area (Å²) in [4.78, 5) is 30.3. The summed E-state index contributed by atoms with van der Waals surface area (Å²) in [5, 5.41) is 16.1. The maximum Gasteiger partial charge on any atom is 0.263 e. The van der Waals surface area contributed by atoms with Gasteiger partial charge in [-0.2, -0.15) is 5.10 Å². The topological polar surface area (TPSA) is 96.6 Å². The van der Waals surface area contributed by atoms with Gasteiger partial charge < -0.3 is 5.11 Å². The van der Waals surface area contributed by atoms with Gasteiger partial charge in [-0.15, -0.1) is 11.3 Å². The van der Waals surface area contributed by atoms with Crippen molar-refractivity contribution >= 4 is 49.6 Å². The van der Waals surface area contributed by atoms with E-state index in [1.807, 2.05) is 36.6 Å². The summed E-state index contributed by atoms with van der Waals surface area (Å²) in [5.74, 6) is -0.450. The highest BCUT2D eigenvalue weighted by Crippen LogP contribution is 2.30. The zero-order valence-electron chi connectivity index (χ0n) is 16.4. The van der Waals surface area contributed by atoms with Crippen LogP contribution in [0.2, 0.25) is 0 Å². The second-order valence-electron chi connectivity index (χ2n) is 6.87. The molecule has 31 heavy (non-hydrogen) atoms. The Balaban J connectivity index is 1.55. The molecule has 0 saturated carbocycles. The smallest absolute Gasteiger partial charge is 0.263 e. The van der Waals surface area contributed by atoms with Crippen LogP contribution in [0.5, 0.6) is 5.75 Å². The quantitative estimate of drug-likeness (QED) is 0.321. The van der Waals surface area contributed by atoms with Crippen LogP contribution < -0.4 is 11.0 Å². The number of carbonyl (C=O) groups is 1. The summed E-state index contributed by atoms with van der Waals surface area (Å²) in [6, 6.07) is 12.8. The molecule has 4 rings (SSSR count). The second kappa shape index (κ2) is 8.83. The molecule has 2 aromatic heterocycles. The molecule has 0 aliphatic carbocycles. The number of hydrogen-bond donors (Lipinski definition) is 2. The van der Waals surface area contributed by atoms with Crippen molar-refractivity contribution in [2.24, 2.45) is 5.10 Å². The lowest BCUT2D eigenvalue weighted by Gasteiger charge is -2.06. The number of phenols is 1. The van der Waals surface area contributed by atoms with Crippen LogP contribution in [-0.2, 0) is 11.3 Å². The summed E-state index contributed by atoms with van der Waals surface area (Å²) in [7, 11) is 0. The number of rotatable bonds is 5. The lowest BCUT2D eigenvalue weighted by atomic mass is 10.1. The first kappa shape index (κ1) is 21.0. The molecular formula is C22H17BrN4O3S. The van der Waals surface area contributed by atoms with Crippen LogP contribution in [0, 0.1) is 6.92 Å². The lowest BCUT2D eigenvalue weighted by Crippen LogP contribution is -2.30. The van der Waals surface area contributed by atoms with Gasteiger partial charge in [0.2, 0.25) is 0 Å². The fraction of sp³-hybridized carbons (Fsp3) is 0.0909. The number of phenolic OH excluding ortho intramolecular Hbond substituents is 1. The Kier molecular flexibility index (Phi) is 5.97. The zero-order valence-corrected chi connectivity index (χ0v) is 18.8. The third-order valence-corrected chi connectivity index (χ3v) is 6.00. The van der Waals surface area contributed by atoms with Crippen molar-refractivity contribution in [3.05, 3.63) is 80.1 Å². The SMILES string of the molecule is Cc1ccc(-c2csc3ncn(CC(=O)N/N=C/c4cc(Br)ccc4O)c(=O)c23)cc1. The number of aromatic hydroxyl groups is 1. The predicted octanol–water partition coefficient (Wildman–Crippen LogP) is 4.05. The van der Waals surface area contributed by atoms with Gasteiger partial charge in [0.15, 0.2) is 0 Å². The Morgan fingerprint density at radius 2 is 2.06 bits per heavy atom. The Hall–Kier alpha value is -3.30. The van der Waals surface area contributed by atoms with Crippen LogP contribution in [0.4, 0.5) is 0 Å². The highest BCUT2D eigenvalue weighted by atomic mass is 79.9. The molecule has 0 bridgehead atoms. The standard InChI is InChI=1S/C22H17BrN4O3S/c1-13-2-4-14(5-3-13)17-11-31-21-20(17)22(30)27(12-24-21)10-19(29)26-25-9-15-8-16(23)6-7-18(15)28/h2-9,11-12,28H,10H2,1H3,(H,26,29)/b25-9+. The van der Waals surface area contributed by atoms with Gasteiger partial charge in [-0.05, 0) is 30.7 Å². The number of nitrogens with one attached hydrogen (secondary N) is 1. The maximum absolute atomic E-state index is 13.0. The Morgan fingerprint density at radius 1 is 1.29 bits per heavy atom. The average molecular weight is 497 g/mol. The molecule has 2 heterocycles. The molecule has 0 unspecified atom stereocenters. The minimum absolute atomic E-state index is 0.0353. The molecule has 2 N–H and O–H groups in total. The van der Waals surface area contributed by atoms with E-state index in [-0.39, 0.29) is 17.9 Å². The van der Waals surface area contributed by atoms with Crippen LogP contribution in [-0.4, -0.2) is 26.8 Å². The Morgan fingerprint density at radius 3 is 2.84 bits per heavy atom. The largest absolute Gasteiger partial charge is 0.507 e. The van der Waals surface area contributed by atoms with Gasteiger partial charge in [-0.25, -0.2) is 10.4 Å². The molecule has 1 amide bonds. The summed E-state index contributed by atoms with van der Waals surface area (Å²) < 4.78 is 2.03. The predicted molar refractivity (Wildman–Crippen MR) is 126 cm³/mol. The van der Waals surface area contributed by atoms with Crippen molar-refractivity contribution in [2.75, 3.05) is 0 Å². The van der Waals surface area contributed by atoms with E-state index in [2.05, 4.69) is 31.4 Å². The summed E-state index contributed by atoms with van der Waals surface area (Å²) in [6.45, 7) is 1.77. The fourth-order valence-corrected chi connectivity index (χ4v) is 4.30. The summed E-state index contributed by atoms with van der Waals surface area (Å²) in [6.07, 6.45) is 2.69. The molecule has 7 nitrogen and oxygen atoms in total. The van der Waals surface area contributed by atoms with Crippen molar-refractivity contribution in [3.8, 4) is 16.9 Å². The van der Waals surface area contributed by atoms with Crippen molar-refractivity contribution in [1.82, 2.24) is 15.0 Å². The van der Waals surface area contributed by atoms with E-state index in [4.69, 9.17) is 0 Å². The van der Waals surface area contributed by atoms with E-state index in [1.54, 1.807) is 12.1 Å². The zero-order chi connectivity index (χ0) is 22.0. The number of nitrogens with zero attached hydrogens (tertiary/aromatic N) is 3. The molecular weight excluding hydrogens is 480 g/mol. The molecule has 0 spiro atoms. The van der Waals surface area contributed by atoms with Crippen molar-refractivity contribution < 1.29 is 9.90 Å². The molecule has 156 valence electrons. The first-order valence-electron chi connectivity index (χ1n) is 9.26. The van der Waals surface area contributed by atoms with Crippen LogP contribution >= 0.6 is 27.3 Å². The number of fused-ring (bicyclic) bond motifs is 1. The van der Waals surface area contributed by atoms with Gasteiger partial charge in [0.1, 0.15) is 17.1 Å². The fourth-order valence-electron chi connectivity index (χ4n) is 3.02. The molecule has 0 radical (unpaired) electrons. The normalized spacial score (nSPS) is 11.3. The van der Waals surface area contributed by atoms with Crippen LogP contribution in [0.3, 0.4) is 0 Å². The minimum Gasteiger partial charge on any atom is -0.507 e. The van der Waals surface area contributed by atoms with Crippen molar-refractivity contribution in [2.45, 2.75) is 13.5 Å². The van der Waals surface area contributed by atoms with E-state index in [0.29, 0.717) is 15.8 Å². The Bertz CT molecular complexity index is 1360. The molecule has 4 aromatic rings. The van der Waals surface area contributed by atoms with E-state index in [9.17, 15) is 14.7 Å². The maximum atomic E-state index is 13.0. The van der Waals surface area contributed by atoms with Gasteiger partial charge >= 0.3 is 0 Å². The first-order valence-corrected chi connectivity index (χ1v) is 10.9. The number of hydrazone groups is 1. The number of thiophene rings is 1. The van der Waals surface area contributed by atoms with Crippen molar-refractivity contribution in [3.63, 3.8) is 0 Å². The van der Waals surface area contributed by atoms with Gasteiger partial charge in [0.25, 0.3) is 11.5 Å². The number of halogens is 1. The van der Waals surface area contributed by atoms with Crippen LogP contribution in [0.1, 0.15) is 11.1 Å². The number of carbonyl (C=O) groups excluding carboxylic acids is 1. The number of benzene rings is 2. The van der Waals surface area contributed by atoms with Crippen LogP contribution in [0.25, 0.3) is 21.3 Å². The van der Waals surface area contributed by atoms with E-state index >= 15 is 0 Å². The molecule has 0 atom stereocenters. The van der Waals surface area contributed by atoms with E-state index < -0.39 is 5.91 Å². The van der Waals surface area contributed by atoms with Gasteiger partial charge in [-0.1, -0.05) is 45.8 Å². The first-order chi connectivity index (χ1) is 14.9. The van der Waals surface area contributed by atoms with Gasteiger partial charge in [0.05, 0.1) is 17.9 Å². The second-order valence-corrected chi connectivity index (χ2v) is 8.64. The third kappa shape index (κ3) is 4.57. The minimum atomic E-state index is -0.485. The number of amides is 1. The van der Waals surface area contributed by atoms with Gasteiger partial charge in [-0.3, -0.25) is 14.2 Å². The lowest BCUT2D eigenvalue weighted by molar-refractivity contribution is -0.121. The average Bonchev–Trinajstić information content (AvgIpc) is 3.18. The monoisotopic (exact) mass is 496 g/mol. The van der Waals surface area contributed by atoms with Crippen LogP contribution in [0.15, 0.2) is 68.5 Å². The van der Waals surface area contributed by atoms with Crippen molar-refractivity contribution in [1.29, 1.82) is 0 Å². The molecule has 0 aliphatic rings. The van der Waals surface area contributed by atoms with E-state index in [1.165, 1.54) is 34.5 Å². The molecule has 0 saturated heterocycles. The van der Waals surface area contributed by atoms with Gasteiger partial charge in [0, 0.05) is 21.0 Å². The number of aromatic nitrogens is 2. The molecule has 2 aromatic carbocycles. The number of hydrogen-bond acceptors (Lipinski definition) is 6. The summed E-state index contributed by atoms with van der Waals surface area (Å²) >= 11 is 4.70. The summed E-state index contributed by atoms with van der Waals surface area (Å²) in [5.41, 5.74) is 5.38.